The first-order valence-electron chi connectivity index (χ1n) is 24.9. The first-order valence-corrected chi connectivity index (χ1v) is 24.9. The molecule has 0 spiro atoms. The van der Waals surface area contributed by atoms with Crippen LogP contribution in [-0.2, 0) is 10.8 Å². The zero-order valence-electron chi connectivity index (χ0n) is 40.0. The second-order valence-corrected chi connectivity index (χ2v) is 20.9. The minimum atomic E-state index is -0.300. The number of anilines is 5. The molecule has 334 valence electrons. The van der Waals surface area contributed by atoms with E-state index in [9.17, 15) is 0 Å². The van der Waals surface area contributed by atoms with Crippen LogP contribution in [0.3, 0.4) is 0 Å². The molecule has 1 unspecified atom stereocenters. The van der Waals surface area contributed by atoms with Crippen molar-refractivity contribution in [3.05, 3.63) is 258 Å². The summed E-state index contributed by atoms with van der Waals surface area (Å²) >= 11 is 0. The summed E-state index contributed by atoms with van der Waals surface area (Å²) in [5.41, 5.74) is 19.0. The van der Waals surface area contributed by atoms with Crippen molar-refractivity contribution in [3.8, 4) is 22.3 Å². The summed E-state index contributed by atoms with van der Waals surface area (Å²) in [5, 5.41) is 10.1. The van der Waals surface area contributed by atoms with E-state index in [4.69, 9.17) is 0 Å². The van der Waals surface area contributed by atoms with E-state index < -0.39 is 0 Å². The van der Waals surface area contributed by atoms with Crippen LogP contribution in [0.1, 0.15) is 56.4 Å². The van der Waals surface area contributed by atoms with Crippen molar-refractivity contribution in [1.82, 2.24) is 0 Å². The van der Waals surface area contributed by atoms with E-state index in [1.165, 1.54) is 110 Å². The van der Waals surface area contributed by atoms with Crippen molar-refractivity contribution in [2.24, 2.45) is 5.92 Å². The van der Waals surface area contributed by atoms with Gasteiger partial charge in [0.1, 0.15) is 0 Å². The maximum absolute atomic E-state index is 2.53. The van der Waals surface area contributed by atoms with Crippen LogP contribution in [0.25, 0.3) is 65.3 Å². The van der Waals surface area contributed by atoms with Crippen molar-refractivity contribution in [2.45, 2.75) is 44.9 Å². The molecule has 4 aliphatic rings. The normalized spacial score (nSPS) is 16.7. The van der Waals surface area contributed by atoms with Gasteiger partial charge in [-0.1, -0.05) is 185 Å². The Morgan fingerprint density at radius 1 is 0.400 bits per heavy atom. The predicted molar refractivity (Wildman–Crippen MR) is 297 cm³/mol. The van der Waals surface area contributed by atoms with Crippen molar-refractivity contribution in [3.63, 3.8) is 0 Å². The second kappa shape index (κ2) is 15.1. The maximum atomic E-state index is 2.53. The quantitative estimate of drug-likeness (QED) is 0.164. The molecule has 0 amide bonds. The zero-order chi connectivity index (χ0) is 46.9. The summed E-state index contributed by atoms with van der Waals surface area (Å²) in [6.45, 7) is 9.92. The zero-order valence-corrected chi connectivity index (χ0v) is 40.0. The van der Waals surface area contributed by atoms with E-state index >= 15 is 0 Å². The van der Waals surface area contributed by atoms with Gasteiger partial charge in [-0.15, -0.1) is 0 Å². The number of hydrogen-bond donors (Lipinski definition) is 0. The molecule has 0 saturated heterocycles. The van der Waals surface area contributed by atoms with Crippen LogP contribution < -0.4 is 9.80 Å². The van der Waals surface area contributed by atoms with E-state index in [1.54, 1.807) is 0 Å². The minimum Gasteiger partial charge on any atom is -0.314 e. The van der Waals surface area contributed by atoms with Gasteiger partial charge in [0.05, 0.1) is 0 Å². The van der Waals surface area contributed by atoms with Gasteiger partial charge in [-0.05, 0) is 166 Å². The predicted octanol–water partition coefficient (Wildman–Crippen LogP) is 18.5. The van der Waals surface area contributed by atoms with Crippen LogP contribution in [0.5, 0.6) is 0 Å². The van der Waals surface area contributed by atoms with Gasteiger partial charge in [0, 0.05) is 50.9 Å². The first-order chi connectivity index (χ1) is 34.2. The molecule has 70 heavy (non-hydrogen) atoms. The van der Waals surface area contributed by atoms with E-state index in [-0.39, 0.29) is 10.8 Å². The Morgan fingerprint density at radius 2 is 0.814 bits per heavy atom. The maximum Gasteiger partial charge on any atom is 0.0468 e. The number of fused-ring (bicyclic) bond motifs is 14. The Labute approximate surface area is 410 Å². The van der Waals surface area contributed by atoms with Crippen LogP contribution in [0.4, 0.5) is 28.4 Å². The number of benzene rings is 10. The lowest BCUT2D eigenvalue weighted by Crippen LogP contribution is -2.25. The van der Waals surface area contributed by atoms with Gasteiger partial charge < -0.3 is 9.80 Å². The molecule has 14 rings (SSSR count). The van der Waals surface area contributed by atoms with Gasteiger partial charge in [-0.25, -0.2) is 0 Å². The third-order valence-corrected chi connectivity index (χ3v) is 16.2. The van der Waals surface area contributed by atoms with Gasteiger partial charge in [-0.2, -0.15) is 0 Å². The summed E-state index contributed by atoms with van der Waals surface area (Å²) in [4.78, 5) is 4.99. The lowest BCUT2D eigenvalue weighted by atomic mass is 9.71. The Balaban J connectivity index is 0.937. The molecule has 10 aromatic carbocycles. The van der Waals surface area contributed by atoms with E-state index in [0.29, 0.717) is 5.92 Å². The summed E-state index contributed by atoms with van der Waals surface area (Å²) in [7, 11) is 0. The molecule has 1 atom stereocenters. The Hall–Kier alpha value is -8.20. The van der Waals surface area contributed by atoms with Crippen LogP contribution in [0.2, 0.25) is 0 Å². The van der Waals surface area contributed by atoms with E-state index in [0.717, 1.165) is 23.5 Å². The number of nitrogens with zero attached hydrogens (tertiary/aromatic N) is 2. The molecule has 0 radical (unpaired) electrons. The number of allylic oxidation sites excluding steroid dienone is 8. The molecule has 2 nitrogen and oxygen atoms in total. The smallest absolute Gasteiger partial charge is 0.0468 e. The fraction of sp³-hybridized carbons (Fsp3) is 0.118. The van der Waals surface area contributed by atoms with Gasteiger partial charge >= 0.3 is 0 Å². The van der Waals surface area contributed by atoms with Crippen molar-refractivity contribution < 1.29 is 0 Å². The third-order valence-electron chi connectivity index (χ3n) is 16.2. The van der Waals surface area contributed by atoms with Crippen molar-refractivity contribution in [2.75, 3.05) is 9.80 Å². The Morgan fingerprint density at radius 3 is 1.31 bits per heavy atom. The molecule has 0 fully saturated rings. The molecular formula is C68H52N2. The molecule has 0 bridgehead atoms. The van der Waals surface area contributed by atoms with Crippen LogP contribution in [0, 0.1) is 5.92 Å². The standard InChI is InChI=1S/C68H52N2/c1-67(2)61-41-55(69(51-29-25-43-15-5-9-19-47(43)37-51)52-30-26-44-16-6-10-20-48(44)38-52)33-35-59(61)63-57-23-13-14-24-58(57)64-60-36-34-56(42-62(60)68(3,4)66(64)65(63)67)70(53-31-27-45-17-7-11-21-49(45)39-53)54-32-28-46-18-8-12-22-50(46)40-54/h5-39,41-42,50H,40H2,1-4H3. The average molecular weight is 897 g/mol. The summed E-state index contributed by atoms with van der Waals surface area (Å²) in [5.74, 6) is 0.355. The van der Waals surface area contributed by atoms with Gasteiger partial charge in [0.15, 0.2) is 0 Å². The molecule has 0 aliphatic heterocycles. The Kier molecular flexibility index (Phi) is 8.84. The fourth-order valence-electron chi connectivity index (χ4n) is 12.8. The highest BCUT2D eigenvalue weighted by Gasteiger charge is 2.48. The lowest BCUT2D eigenvalue weighted by molar-refractivity contribution is 0.602. The van der Waals surface area contributed by atoms with Gasteiger partial charge in [0.25, 0.3) is 0 Å². The molecule has 0 aromatic heterocycles. The van der Waals surface area contributed by atoms with Crippen LogP contribution >= 0.6 is 0 Å². The molecule has 2 heteroatoms. The molecule has 0 heterocycles. The summed E-state index contributed by atoms with van der Waals surface area (Å²) in [6.07, 6.45) is 14.6. The number of hydrogen-bond acceptors (Lipinski definition) is 2. The topological polar surface area (TPSA) is 6.48 Å². The molecule has 10 aromatic rings. The van der Waals surface area contributed by atoms with Gasteiger partial charge in [0.2, 0.25) is 0 Å². The highest BCUT2D eigenvalue weighted by molar-refractivity contribution is 6.13. The average Bonchev–Trinajstić information content (AvgIpc) is 3.78. The Bertz CT molecular complexity index is 3920. The van der Waals surface area contributed by atoms with Crippen LogP contribution in [-0.4, -0.2) is 0 Å². The highest BCUT2D eigenvalue weighted by atomic mass is 15.2. The monoisotopic (exact) mass is 896 g/mol. The second-order valence-electron chi connectivity index (χ2n) is 20.9. The summed E-state index contributed by atoms with van der Waals surface area (Å²) < 4.78 is 0. The summed E-state index contributed by atoms with van der Waals surface area (Å²) in [6, 6.07) is 70.7. The largest absolute Gasteiger partial charge is 0.314 e. The third kappa shape index (κ3) is 6.05. The fourth-order valence-corrected chi connectivity index (χ4v) is 12.8. The van der Waals surface area contributed by atoms with Crippen LogP contribution in [0.15, 0.2) is 236 Å². The van der Waals surface area contributed by atoms with E-state index in [1.807, 2.05) is 0 Å². The molecular weight excluding hydrogens is 845 g/mol. The molecule has 0 saturated carbocycles. The molecule has 4 aliphatic carbocycles. The number of rotatable bonds is 6. The molecule has 0 N–H and O–H groups in total. The van der Waals surface area contributed by atoms with Crippen molar-refractivity contribution in [1.29, 1.82) is 0 Å². The minimum absolute atomic E-state index is 0.293. The van der Waals surface area contributed by atoms with Crippen molar-refractivity contribution >= 4 is 71.5 Å². The van der Waals surface area contributed by atoms with E-state index in [2.05, 4.69) is 262 Å². The SMILES string of the molecule is CC1(C)c2cc(N(C3=CC=C4C=CC=CC4C3)c3ccc4ccccc4c3)ccc2-c2c1c1c(c3ccccc23)-c2ccc(N(c3ccc4ccccc4c3)c3ccc4ccccc4c3)cc2C1(C)C. The highest BCUT2D eigenvalue weighted by Crippen LogP contribution is 2.63. The first kappa shape index (κ1) is 40.8. The van der Waals surface area contributed by atoms with Gasteiger partial charge in [-0.3, -0.25) is 0 Å². The lowest BCUT2D eigenvalue weighted by Gasteiger charge is -2.34.